The Bertz CT molecular complexity index is 1150. The number of allylic oxidation sites excluding steroid dienone is 3. The van der Waals surface area contributed by atoms with Crippen molar-refractivity contribution in [3.05, 3.63) is 46.5 Å². The van der Waals surface area contributed by atoms with Crippen LogP contribution in [0.4, 0.5) is 10.5 Å². The number of halogens is 1. The number of methoxy groups -OCH3 is 2. The second-order valence-electron chi connectivity index (χ2n) is 10.7. The van der Waals surface area contributed by atoms with Crippen LogP contribution in [0.25, 0.3) is 0 Å². The Morgan fingerprint density at radius 3 is 2.68 bits per heavy atom. The summed E-state index contributed by atoms with van der Waals surface area (Å²) >= 11 is 6.61. The van der Waals surface area contributed by atoms with Gasteiger partial charge >= 0.3 is 6.09 Å². The fourth-order valence-electron chi connectivity index (χ4n) is 5.46. The predicted octanol–water partition coefficient (Wildman–Crippen LogP) is 4.15. The molecular formula is C28H37ClN2O7. The highest BCUT2D eigenvalue weighted by atomic mass is 35.5. The van der Waals surface area contributed by atoms with Crippen LogP contribution < -0.4 is 15.0 Å². The van der Waals surface area contributed by atoms with Gasteiger partial charge in [-0.25, -0.2) is 4.79 Å². The van der Waals surface area contributed by atoms with Crippen molar-refractivity contribution in [1.82, 2.24) is 5.32 Å². The van der Waals surface area contributed by atoms with Gasteiger partial charge in [0, 0.05) is 32.9 Å². The molecular weight excluding hydrogens is 512 g/mol. The molecule has 0 aromatic heterocycles. The molecule has 0 saturated carbocycles. The van der Waals surface area contributed by atoms with Crippen molar-refractivity contribution < 1.29 is 33.6 Å². The first-order valence-corrected chi connectivity index (χ1v) is 13.2. The van der Waals surface area contributed by atoms with E-state index in [1.807, 2.05) is 39.0 Å². The fraction of sp³-hybridized carbons (Fsp3) is 0.571. The SMILES string of the molecule is COc1cc2cc(c1Cl)N(C)C(=O)CC[C@]1(C)O[C@H]1[C@H](C)[C@@H]1C[C@@](O)(NC(=O)O1)[C@H](OC)/C=C/C=C(\C)C2. The van der Waals surface area contributed by atoms with Crippen LogP contribution in [-0.2, 0) is 25.4 Å². The van der Waals surface area contributed by atoms with Gasteiger partial charge in [-0.15, -0.1) is 0 Å². The van der Waals surface area contributed by atoms with Crippen LogP contribution in [0.1, 0.15) is 45.6 Å². The summed E-state index contributed by atoms with van der Waals surface area (Å²) < 4.78 is 22.7. The zero-order chi connectivity index (χ0) is 27.8. The molecule has 10 heteroatoms. The third kappa shape index (κ3) is 5.71. The number of nitrogens with zero attached hydrogens (tertiary/aromatic N) is 1. The number of hydrogen-bond donors (Lipinski definition) is 2. The van der Waals surface area contributed by atoms with Gasteiger partial charge in [0.05, 0.1) is 24.5 Å². The Morgan fingerprint density at radius 1 is 1.26 bits per heavy atom. The minimum Gasteiger partial charge on any atom is -0.495 e. The molecule has 4 rings (SSSR count). The molecule has 0 unspecified atom stereocenters. The van der Waals surface area contributed by atoms with E-state index in [-0.39, 0.29) is 30.8 Å². The average molecular weight is 549 g/mol. The van der Waals surface area contributed by atoms with Crippen molar-refractivity contribution in [1.29, 1.82) is 0 Å². The lowest BCUT2D eigenvalue weighted by atomic mass is 9.84. The molecule has 208 valence electrons. The number of carbonyl (C=O) groups excluding carboxylic acids is 2. The van der Waals surface area contributed by atoms with Crippen molar-refractivity contribution in [2.24, 2.45) is 5.92 Å². The van der Waals surface area contributed by atoms with E-state index in [1.54, 1.807) is 31.2 Å². The van der Waals surface area contributed by atoms with Crippen molar-refractivity contribution >= 4 is 29.3 Å². The molecule has 1 aromatic carbocycles. The Kier molecular flexibility index (Phi) is 8.14. The lowest BCUT2D eigenvalue weighted by Gasteiger charge is -2.42. The van der Waals surface area contributed by atoms with E-state index in [2.05, 4.69) is 5.32 Å². The van der Waals surface area contributed by atoms with Crippen LogP contribution in [0.2, 0.25) is 5.02 Å². The van der Waals surface area contributed by atoms with E-state index in [9.17, 15) is 14.7 Å². The summed E-state index contributed by atoms with van der Waals surface area (Å²) in [4.78, 5) is 27.2. The van der Waals surface area contributed by atoms with Crippen LogP contribution >= 0.6 is 11.6 Å². The largest absolute Gasteiger partial charge is 0.495 e. The summed E-state index contributed by atoms with van der Waals surface area (Å²) in [5.74, 6) is 0.170. The molecule has 2 fully saturated rings. The van der Waals surface area contributed by atoms with Gasteiger partial charge in [0.1, 0.15) is 23.0 Å². The number of nitrogens with one attached hydrogen (secondary N) is 1. The number of amides is 2. The minimum atomic E-state index is -1.66. The fourth-order valence-corrected chi connectivity index (χ4v) is 5.78. The molecule has 0 aliphatic carbocycles. The molecule has 0 radical (unpaired) electrons. The number of rotatable bonds is 2. The normalized spacial score (nSPS) is 36.3. The maximum atomic E-state index is 13.2. The van der Waals surface area contributed by atoms with Crippen molar-refractivity contribution in [2.45, 2.75) is 76.1 Å². The van der Waals surface area contributed by atoms with E-state index in [4.69, 9.17) is 30.5 Å². The Hall–Kier alpha value is -2.59. The predicted molar refractivity (Wildman–Crippen MR) is 143 cm³/mol. The van der Waals surface area contributed by atoms with Gasteiger partial charge in [0.2, 0.25) is 5.91 Å². The van der Waals surface area contributed by atoms with Crippen LogP contribution in [0.15, 0.2) is 35.9 Å². The maximum Gasteiger partial charge on any atom is 0.409 e. The van der Waals surface area contributed by atoms with E-state index in [0.29, 0.717) is 29.3 Å². The molecule has 4 bridgehead atoms. The molecule has 9 nitrogen and oxygen atoms in total. The molecule has 2 amide bonds. The lowest BCUT2D eigenvalue weighted by molar-refractivity contribution is -0.142. The quantitative estimate of drug-likeness (QED) is 0.534. The van der Waals surface area contributed by atoms with Crippen LogP contribution in [0, 0.1) is 5.92 Å². The van der Waals surface area contributed by atoms with Crippen molar-refractivity contribution in [3.63, 3.8) is 0 Å². The number of alkyl carbamates (subject to hydrolysis) is 1. The number of ether oxygens (including phenoxy) is 4. The first-order valence-electron chi connectivity index (χ1n) is 12.8. The molecule has 0 spiro atoms. The van der Waals surface area contributed by atoms with Crippen LogP contribution in [0.3, 0.4) is 0 Å². The standard InChI is InChI=1S/C28H37ClN2O7/c1-16-8-7-9-22(36-6)28(34)15-21(37-26(33)30-28)17(2)25-27(3,38-25)11-10-23(32)31(4)19-13-18(12-16)14-20(35-5)24(19)29/h7-9,13-14,17,21-22,25,34H,10-12,15H2,1-6H3,(H,30,33)/b9-7+,16-8+/t17-,21+,22-,25+,27+,28+/m1/s1. The van der Waals surface area contributed by atoms with Gasteiger partial charge in [0.15, 0.2) is 5.72 Å². The van der Waals surface area contributed by atoms with Gasteiger partial charge in [-0.3, -0.25) is 10.1 Å². The minimum absolute atomic E-state index is 0.104. The zero-order valence-electron chi connectivity index (χ0n) is 22.7. The lowest BCUT2D eigenvalue weighted by Crippen LogP contribution is -2.63. The Morgan fingerprint density at radius 2 is 2.00 bits per heavy atom. The van der Waals surface area contributed by atoms with Crippen molar-refractivity contribution in [3.8, 4) is 5.75 Å². The highest BCUT2D eigenvalue weighted by Gasteiger charge is 2.58. The second kappa shape index (κ2) is 10.9. The monoisotopic (exact) mass is 548 g/mol. The highest BCUT2D eigenvalue weighted by Crippen LogP contribution is 2.48. The number of aliphatic hydroxyl groups is 1. The summed E-state index contributed by atoms with van der Waals surface area (Å²) in [5.41, 5.74) is 0.297. The topological polar surface area (TPSA) is 110 Å². The molecule has 2 saturated heterocycles. The smallest absolute Gasteiger partial charge is 0.409 e. The van der Waals surface area contributed by atoms with Gasteiger partial charge in [-0.05, 0) is 44.4 Å². The van der Waals surface area contributed by atoms with Gasteiger partial charge in [-0.1, -0.05) is 42.3 Å². The highest BCUT2D eigenvalue weighted by molar-refractivity contribution is 6.35. The number of fused-ring (bicyclic) bond motifs is 5. The first kappa shape index (κ1) is 28.4. The first-order chi connectivity index (χ1) is 17.9. The van der Waals surface area contributed by atoms with Gasteiger partial charge < -0.3 is 29.0 Å². The average Bonchev–Trinajstić information content (AvgIpc) is 3.55. The summed E-state index contributed by atoms with van der Waals surface area (Å²) in [6.45, 7) is 5.85. The van der Waals surface area contributed by atoms with Crippen LogP contribution in [0.5, 0.6) is 5.75 Å². The van der Waals surface area contributed by atoms with E-state index < -0.39 is 29.6 Å². The van der Waals surface area contributed by atoms with Crippen molar-refractivity contribution in [2.75, 3.05) is 26.2 Å². The Balaban J connectivity index is 1.71. The molecule has 3 heterocycles. The number of anilines is 1. The number of carbonyl (C=O) groups is 2. The Labute approximate surface area is 228 Å². The zero-order valence-corrected chi connectivity index (χ0v) is 23.5. The molecule has 3 aliphatic rings. The summed E-state index contributed by atoms with van der Waals surface area (Å²) in [6.07, 6.45) is 4.46. The van der Waals surface area contributed by atoms with E-state index in [0.717, 1.165) is 11.1 Å². The van der Waals surface area contributed by atoms with E-state index in [1.165, 1.54) is 7.11 Å². The third-order valence-electron chi connectivity index (χ3n) is 7.84. The molecule has 2 N–H and O–H groups in total. The maximum absolute atomic E-state index is 13.2. The van der Waals surface area contributed by atoms with Crippen LogP contribution in [-0.4, -0.2) is 68.0 Å². The number of benzene rings is 1. The molecule has 38 heavy (non-hydrogen) atoms. The molecule has 1 aromatic rings. The number of hydrogen-bond acceptors (Lipinski definition) is 7. The molecule has 3 aliphatic heterocycles. The summed E-state index contributed by atoms with van der Waals surface area (Å²) in [6, 6.07) is 3.76. The summed E-state index contributed by atoms with van der Waals surface area (Å²) in [7, 11) is 4.73. The van der Waals surface area contributed by atoms with Gasteiger partial charge in [0.25, 0.3) is 0 Å². The van der Waals surface area contributed by atoms with Gasteiger partial charge in [-0.2, -0.15) is 0 Å². The second-order valence-corrected chi connectivity index (χ2v) is 11.1. The number of epoxide rings is 1. The molecule has 6 atom stereocenters. The third-order valence-corrected chi connectivity index (χ3v) is 8.22. The van der Waals surface area contributed by atoms with E-state index >= 15 is 0 Å². The summed E-state index contributed by atoms with van der Waals surface area (Å²) in [5, 5.41) is 14.3.